The predicted octanol–water partition coefficient (Wildman–Crippen LogP) is 14.6. The Morgan fingerprint density at radius 3 is 1.82 bits per heavy atom. The van der Waals surface area contributed by atoms with E-state index in [0.717, 1.165) is 33.2 Å². The Bertz CT molecular complexity index is 3790. The number of benzene rings is 9. The van der Waals surface area contributed by atoms with Crippen molar-refractivity contribution in [2.24, 2.45) is 0 Å². The quantitative estimate of drug-likeness (QED) is 0.178. The van der Waals surface area contributed by atoms with Crippen molar-refractivity contribution in [1.29, 1.82) is 0 Å². The number of hydrogen-bond acceptors (Lipinski definition) is 2. The third-order valence-corrected chi connectivity index (χ3v) is 13.3. The molecular weight excluding hydrogens is 741 g/mol. The van der Waals surface area contributed by atoms with Crippen molar-refractivity contribution in [3.63, 3.8) is 0 Å². The summed E-state index contributed by atoms with van der Waals surface area (Å²) in [4.78, 5) is 10.5. The first-order valence-electron chi connectivity index (χ1n) is 21.1. The second kappa shape index (κ2) is 12.6. The standard InChI is InChI=1S/C57H38N4/c1-57(2)48-24-12-8-19-39(48)40-30-29-37(33-49(40)57)60-51-26-14-11-21-42(51)47-34-45(38-18-6-7-22-43(38)55(47)60)36-28-31-53-46(32-36)41-20-10-15-27-52(41)61(53)56-58-50-25-13-9-23-44(50)54(59-56)35-16-4-3-5-17-35/h3-34H,1-2H3. The Kier molecular flexibility index (Phi) is 7.04. The van der Waals surface area contributed by atoms with Crippen LogP contribution in [0.25, 0.3) is 110 Å². The highest BCUT2D eigenvalue weighted by Gasteiger charge is 2.35. The summed E-state index contributed by atoms with van der Waals surface area (Å²) in [5.41, 5.74) is 16.4. The molecule has 4 nitrogen and oxygen atoms in total. The molecule has 12 aromatic rings. The Hall–Kier alpha value is -7.82. The normalized spacial score (nSPS) is 13.2. The summed E-state index contributed by atoms with van der Waals surface area (Å²) < 4.78 is 4.73. The van der Waals surface area contributed by atoms with Gasteiger partial charge in [-0.3, -0.25) is 4.57 Å². The summed E-state index contributed by atoms with van der Waals surface area (Å²) >= 11 is 0. The van der Waals surface area contributed by atoms with Crippen LogP contribution < -0.4 is 0 Å². The fraction of sp³-hybridized carbons (Fsp3) is 0.0526. The minimum Gasteiger partial charge on any atom is -0.309 e. The molecule has 0 saturated carbocycles. The van der Waals surface area contributed by atoms with Gasteiger partial charge in [-0.05, 0) is 87.3 Å². The maximum atomic E-state index is 5.31. The Labute approximate surface area is 352 Å². The highest BCUT2D eigenvalue weighted by atomic mass is 15.2. The molecule has 13 rings (SSSR count). The molecule has 0 aliphatic heterocycles. The van der Waals surface area contributed by atoms with Gasteiger partial charge >= 0.3 is 0 Å². The molecule has 0 fully saturated rings. The topological polar surface area (TPSA) is 35.6 Å². The minimum atomic E-state index is -0.0949. The van der Waals surface area contributed by atoms with Crippen LogP contribution in [0, 0.1) is 0 Å². The van der Waals surface area contributed by atoms with Gasteiger partial charge in [-0.15, -0.1) is 0 Å². The van der Waals surface area contributed by atoms with Crippen molar-refractivity contribution in [3.05, 3.63) is 205 Å². The van der Waals surface area contributed by atoms with Crippen molar-refractivity contribution in [2.45, 2.75) is 19.3 Å². The lowest BCUT2D eigenvalue weighted by atomic mass is 9.82. The lowest BCUT2D eigenvalue weighted by Crippen LogP contribution is -2.15. The number of para-hydroxylation sites is 3. The zero-order chi connectivity index (χ0) is 40.4. The van der Waals surface area contributed by atoms with Gasteiger partial charge in [0, 0.05) is 49.0 Å². The smallest absolute Gasteiger partial charge is 0.235 e. The molecule has 0 unspecified atom stereocenters. The molecule has 1 aliphatic carbocycles. The van der Waals surface area contributed by atoms with Crippen molar-refractivity contribution in [1.82, 2.24) is 19.1 Å². The van der Waals surface area contributed by atoms with E-state index in [-0.39, 0.29) is 5.41 Å². The summed E-state index contributed by atoms with van der Waals surface area (Å²) in [6.07, 6.45) is 0. The van der Waals surface area contributed by atoms with Gasteiger partial charge in [0.25, 0.3) is 0 Å². The largest absolute Gasteiger partial charge is 0.309 e. The third-order valence-electron chi connectivity index (χ3n) is 13.3. The fourth-order valence-electron chi connectivity index (χ4n) is 10.5. The number of rotatable bonds is 4. The summed E-state index contributed by atoms with van der Waals surface area (Å²) in [7, 11) is 0. The third kappa shape index (κ3) is 4.82. The average molecular weight is 779 g/mol. The van der Waals surface area contributed by atoms with E-state index in [4.69, 9.17) is 9.97 Å². The van der Waals surface area contributed by atoms with Gasteiger partial charge in [-0.25, -0.2) is 9.97 Å². The average Bonchev–Trinajstić information content (AvgIpc) is 3.91. The van der Waals surface area contributed by atoms with E-state index in [9.17, 15) is 0 Å². The molecule has 3 aromatic heterocycles. The van der Waals surface area contributed by atoms with Crippen molar-refractivity contribution < 1.29 is 0 Å². The summed E-state index contributed by atoms with van der Waals surface area (Å²) in [6.45, 7) is 4.72. The first-order valence-corrected chi connectivity index (χ1v) is 21.1. The molecule has 0 saturated heterocycles. The lowest BCUT2D eigenvalue weighted by Gasteiger charge is -2.22. The number of hydrogen-bond donors (Lipinski definition) is 0. The van der Waals surface area contributed by atoms with Crippen LogP contribution in [0.1, 0.15) is 25.0 Å². The van der Waals surface area contributed by atoms with Crippen LogP contribution in [0.15, 0.2) is 194 Å². The fourth-order valence-corrected chi connectivity index (χ4v) is 10.5. The minimum absolute atomic E-state index is 0.0949. The van der Waals surface area contributed by atoms with E-state index < -0.39 is 0 Å². The maximum Gasteiger partial charge on any atom is 0.235 e. The van der Waals surface area contributed by atoms with E-state index in [2.05, 4.69) is 211 Å². The van der Waals surface area contributed by atoms with Crippen LogP contribution in [0.2, 0.25) is 0 Å². The van der Waals surface area contributed by atoms with Crippen molar-refractivity contribution >= 4 is 65.3 Å². The molecule has 0 bridgehead atoms. The summed E-state index contributed by atoms with van der Waals surface area (Å²) in [5.74, 6) is 0.662. The molecule has 61 heavy (non-hydrogen) atoms. The van der Waals surface area contributed by atoms with Crippen LogP contribution in [0.3, 0.4) is 0 Å². The van der Waals surface area contributed by atoms with Gasteiger partial charge in [-0.1, -0.05) is 159 Å². The first-order chi connectivity index (χ1) is 30.0. The lowest BCUT2D eigenvalue weighted by molar-refractivity contribution is 0.660. The zero-order valence-electron chi connectivity index (χ0n) is 33.8. The Morgan fingerprint density at radius 1 is 0.377 bits per heavy atom. The molecule has 4 heteroatoms. The Morgan fingerprint density at radius 2 is 1.00 bits per heavy atom. The molecule has 286 valence electrons. The molecule has 9 aromatic carbocycles. The van der Waals surface area contributed by atoms with E-state index >= 15 is 0 Å². The number of aromatic nitrogens is 4. The van der Waals surface area contributed by atoms with Crippen LogP contribution >= 0.6 is 0 Å². The van der Waals surface area contributed by atoms with Crippen molar-refractivity contribution in [2.75, 3.05) is 0 Å². The van der Waals surface area contributed by atoms with Gasteiger partial charge in [0.2, 0.25) is 5.95 Å². The van der Waals surface area contributed by atoms with Gasteiger partial charge in [0.05, 0.1) is 33.3 Å². The summed E-state index contributed by atoms with van der Waals surface area (Å²) in [6, 6.07) is 70.6. The Balaban J connectivity index is 1.04. The van der Waals surface area contributed by atoms with E-state index in [1.165, 1.54) is 82.4 Å². The highest BCUT2D eigenvalue weighted by molar-refractivity contribution is 6.22. The molecule has 0 spiro atoms. The monoisotopic (exact) mass is 778 g/mol. The molecule has 0 radical (unpaired) electrons. The highest BCUT2D eigenvalue weighted by Crippen LogP contribution is 2.50. The van der Waals surface area contributed by atoms with E-state index in [1.807, 2.05) is 6.07 Å². The van der Waals surface area contributed by atoms with Gasteiger partial charge in [0.15, 0.2) is 0 Å². The van der Waals surface area contributed by atoms with Crippen LogP contribution in [-0.2, 0) is 5.41 Å². The molecular formula is C57H38N4. The van der Waals surface area contributed by atoms with Crippen LogP contribution in [-0.4, -0.2) is 19.1 Å². The molecule has 1 aliphatic rings. The van der Waals surface area contributed by atoms with Crippen LogP contribution in [0.4, 0.5) is 0 Å². The summed E-state index contributed by atoms with van der Waals surface area (Å²) in [5, 5.41) is 8.31. The second-order valence-corrected chi connectivity index (χ2v) is 17.0. The molecule has 0 N–H and O–H groups in total. The zero-order valence-corrected chi connectivity index (χ0v) is 33.8. The predicted molar refractivity (Wildman–Crippen MR) is 254 cm³/mol. The maximum absolute atomic E-state index is 5.31. The van der Waals surface area contributed by atoms with Crippen molar-refractivity contribution in [3.8, 4) is 45.1 Å². The van der Waals surface area contributed by atoms with E-state index in [0.29, 0.717) is 5.95 Å². The van der Waals surface area contributed by atoms with Gasteiger partial charge in [-0.2, -0.15) is 0 Å². The number of fused-ring (bicyclic) bond motifs is 12. The number of nitrogens with zero attached hydrogens (tertiary/aromatic N) is 4. The second-order valence-electron chi connectivity index (χ2n) is 17.0. The van der Waals surface area contributed by atoms with Gasteiger partial charge < -0.3 is 4.57 Å². The SMILES string of the molecule is CC1(C)c2ccccc2-c2ccc(-n3c4ccccc4c4cc(-c5ccc6c(c5)c5ccccc5n6-c5nc(-c6ccccc6)c6ccccc6n5)c5ccccc5c43)cc21. The van der Waals surface area contributed by atoms with Gasteiger partial charge in [0.1, 0.15) is 0 Å². The molecule has 0 amide bonds. The van der Waals surface area contributed by atoms with Crippen LogP contribution in [0.5, 0.6) is 0 Å². The van der Waals surface area contributed by atoms with E-state index in [1.54, 1.807) is 0 Å². The molecule has 0 atom stereocenters. The molecule has 3 heterocycles. The first kappa shape index (κ1) is 34.1.